The third-order valence-electron chi connectivity index (χ3n) is 3.75. The Morgan fingerprint density at radius 1 is 1.27 bits per heavy atom. The molecule has 1 aromatic carbocycles. The molecular weight excluding hydrogens is 377 g/mol. The molecule has 0 fully saturated rings. The molecule has 6 nitrogen and oxygen atoms in total. The molecule has 0 aliphatic rings. The first-order valence-corrected chi connectivity index (χ1v) is 8.48. The number of aryl methyl sites for hydroxylation is 2. The summed E-state index contributed by atoms with van der Waals surface area (Å²) < 4.78 is 6.78. The Hall–Kier alpha value is -2.57. The Kier molecular flexibility index (Phi) is 5.15. The molecule has 26 heavy (non-hydrogen) atoms. The number of aromatic nitrogens is 2. The fourth-order valence-corrected chi connectivity index (χ4v) is 2.92. The van der Waals surface area contributed by atoms with E-state index in [0.29, 0.717) is 27.1 Å². The van der Waals surface area contributed by atoms with Crippen molar-refractivity contribution >= 4 is 40.4 Å². The molecule has 0 saturated carbocycles. The lowest BCUT2D eigenvalue weighted by Crippen LogP contribution is -2.28. The van der Waals surface area contributed by atoms with E-state index < -0.39 is 5.91 Å². The Morgan fingerprint density at radius 2 is 2.04 bits per heavy atom. The van der Waals surface area contributed by atoms with E-state index in [-0.39, 0.29) is 17.9 Å². The molecule has 0 unspecified atom stereocenters. The summed E-state index contributed by atoms with van der Waals surface area (Å²) in [5.41, 5.74) is 1.61. The summed E-state index contributed by atoms with van der Waals surface area (Å²) in [7, 11) is 0. The predicted molar refractivity (Wildman–Crippen MR) is 102 cm³/mol. The summed E-state index contributed by atoms with van der Waals surface area (Å²) in [5.74, 6) is -0.169. The number of nitrogens with one attached hydrogen (secondary N) is 1. The van der Waals surface area contributed by atoms with Gasteiger partial charge in [0.15, 0.2) is 6.61 Å². The molecule has 2 heterocycles. The van der Waals surface area contributed by atoms with Crippen LogP contribution in [0.4, 0.5) is 5.69 Å². The number of halogens is 2. The third-order valence-corrected chi connectivity index (χ3v) is 4.28. The van der Waals surface area contributed by atoms with Gasteiger partial charge < -0.3 is 10.1 Å². The second-order valence-corrected chi connectivity index (χ2v) is 6.52. The third kappa shape index (κ3) is 3.66. The molecule has 0 aliphatic heterocycles. The van der Waals surface area contributed by atoms with Crippen molar-refractivity contribution in [2.45, 2.75) is 13.8 Å². The van der Waals surface area contributed by atoms with Gasteiger partial charge in [-0.1, -0.05) is 29.3 Å². The Balaban J connectivity index is 1.80. The second-order valence-electron chi connectivity index (χ2n) is 5.67. The number of rotatable bonds is 4. The average Bonchev–Trinajstić information content (AvgIpc) is 2.59. The zero-order valence-corrected chi connectivity index (χ0v) is 15.6. The highest BCUT2D eigenvalue weighted by Crippen LogP contribution is 2.27. The quantitative estimate of drug-likeness (QED) is 0.736. The van der Waals surface area contributed by atoms with Gasteiger partial charge in [0.2, 0.25) is 0 Å². The number of carbonyl (C=O) groups excluding carboxylic acids is 1. The van der Waals surface area contributed by atoms with Crippen LogP contribution in [0.5, 0.6) is 5.75 Å². The monoisotopic (exact) mass is 391 g/mol. The van der Waals surface area contributed by atoms with Crippen molar-refractivity contribution in [1.29, 1.82) is 0 Å². The number of hydrogen-bond donors (Lipinski definition) is 1. The number of carbonyl (C=O) groups is 1. The maximum Gasteiger partial charge on any atom is 0.281 e. The lowest BCUT2D eigenvalue weighted by molar-refractivity contribution is -0.118. The maximum atomic E-state index is 12.6. The molecule has 1 N–H and O–H groups in total. The van der Waals surface area contributed by atoms with Crippen molar-refractivity contribution in [3.8, 4) is 5.75 Å². The largest absolute Gasteiger partial charge is 0.482 e. The number of anilines is 1. The maximum absolute atomic E-state index is 12.6. The van der Waals surface area contributed by atoms with E-state index in [1.165, 1.54) is 10.5 Å². The zero-order valence-electron chi connectivity index (χ0n) is 14.0. The van der Waals surface area contributed by atoms with Gasteiger partial charge in [-0.2, -0.15) is 0 Å². The van der Waals surface area contributed by atoms with Gasteiger partial charge >= 0.3 is 0 Å². The first-order valence-electron chi connectivity index (χ1n) is 7.73. The summed E-state index contributed by atoms with van der Waals surface area (Å²) in [6.45, 7) is 3.22. The van der Waals surface area contributed by atoms with E-state index >= 15 is 0 Å². The first kappa shape index (κ1) is 18.2. The number of benzene rings is 1. The molecule has 0 aliphatic carbocycles. The zero-order chi connectivity index (χ0) is 18.8. The van der Waals surface area contributed by atoms with Gasteiger partial charge in [-0.3, -0.25) is 14.0 Å². The fourth-order valence-electron chi connectivity index (χ4n) is 2.46. The van der Waals surface area contributed by atoms with Crippen molar-refractivity contribution in [3.05, 3.63) is 68.2 Å². The SMILES string of the molecule is Cc1nc2c(C)cccn2c(=O)c1NC(=O)COc1ccc(Cl)cc1Cl. The van der Waals surface area contributed by atoms with Crippen molar-refractivity contribution in [3.63, 3.8) is 0 Å². The summed E-state index contributed by atoms with van der Waals surface area (Å²) >= 11 is 11.8. The van der Waals surface area contributed by atoms with Gasteiger partial charge in [-0.15, -0.1) is 0 Å². The van der Waals surface area contributed by atoms with Gasteiger partial charge in [0.1, 0.15) is 17.1 Å². The summed E-state index contributed by atoms with van der Waals surface area (Å²) in [5, 5.41) is 3.32. The number of nitrogens with zero attached hydrogens (tertiary/aromatic N) is 2. The molecule has 0 bridgehead atoms. The van der Waals surface area contributed by atoms with Crippen LogP contribution in [0.1, 0.15) is 11.3 Å². The van der Waals surface area contributed by atoms with Crippen LogP contribution in [0.15, 0.2) is 41.3 Å². The van der Waals surface area contributed by atoms with Crippen molar-refractivity contribution in [2.24, 2.45) is 0 Å². The topological polar surface area (TPSA) is 72.7 Å². The minimum absolute atomic E-state index is 0.115. The fraction of sp³-hybridized carbons (Fsp3) is 0.167. The Morgan fingerprint density at radius 3 is 2.77 bits per heavy atom. The van der Waals surface area contributed by atoms with Gasteiger partial charge in [0.05, 0.1) is 10.7 Å². The smallest absolute Gasteiger partial charge is 0.281 e. The second kappa shape index (κ2) is 7.35. The highest BCUT2D eigenvalue weighted by molar-refractivity contribution is 6.35. The van der Waals surface area contributed by atoms with E-state index in [0.717, 1.165) is 5.56 Å². The normalized spacial score (nSPS) is 10.8. The van der Waals surface area contributed by atoms with E-state index in [1.54, 1.807) is 31.3 Å². The summed E-state index contributed by atoms with van der Waals surface area (Å²) in [6, 6.07) is 8.30. The molecule has 3 rings (SSSR count). The molecule has 8 heteroatoms. The molecule has 0 atom stereocenters. The molecular formula is C18H15Cl2N3O3. The van der Waals surface area contributed by atoms with Crippen molar-refractivity contribution < 1.29 is 9.53 Å². The lowest BCUT2D eigenvalue weighted by atomic mass is 10.2. The summed E-state index contributed by atoms with van der Waals surface area (Å²) in [6.07, 6.45) is 1.61. The van der Waals surface area contributed by atoms with Crippen molar-refractivity contribution in [1.82, 2.24) is 9.38 Å². The van der Waals surface area contributed by atoms with Crippen LogP contribution in [0.25, 0.3) is 5.65 Å². The standard InChI is InChI=1S/C18H15Cl2N3O3/c1-10-4-3-7-23-17(10)21-11(2)16(18(23)25)22-15(24)9-26-14-6-5-12(19)8-13(14)20/h3-8H,9H2,1-2H3,(H,22,24). The molecule has 0 saturated heterocycles. The van der Waals surface area contributed by atoms with Gasteiger partial charge in [0.25, 0.3) is 11.5 Å². The Labute approximate surface area is 159 Å². The van der Waals surface area contributed by atoms with Crippen LogP contribution < -0.4 is 15.6 Å². The number of fused-ring (bicyclic) bond motifs is 1. The first-order chi connectivity index (χ1) is 12.4. The number of pyridine rings is 1. The van der Waals surface area contributed by atoms with Crippen LogP contribution in [-0.4, -0.2) is 21.9 Å². The van der Waals surface area contributed by atoms with Crippen LogP contribution >= 0.6 is 23.2 Å². The van der Waals surface area contributed by atoms with E-state index in [1.807, 2.05) is 13.0 Å². The van der Waals surface area contributed by atoms with E-state index in [2.05, 4.69) is 10.3 Å². The number of amides is 1. The van der Waals surface area contributed by atoms with Gasteiger partial charge in [0, 0.05) is 11.2 Å². The van der Waals surface area contributed by atoms with E-state index in [9.17, 15) is 9.59 Å². The predicted octanol–water partition coefficient (Wildman–Crippen LogP) is 3.64. The Bertz CT molecular complexity index is 1060. The highest BCUT2D eigenvalue weighted by atomic mass is 35.5. The van der Waals surface area contributed by atoms with Crippen LogP contribution in [0.2, 0.25) is 10.0 Å². The van der Waals surface area contributed by atoms with Crippen LogP contribution in [0.3, 0.4) is 0 Å². The molecule has 1 amide bonds. The van der Waals surface area contributed by atoms with E-state index in [4.69, 9.17) is 27.9 Å². The highest BCUT2D eigenvalue weighted by Gasteiger charge is 2.14. The average molecular weight is 392 g/mol. The van der Waals surface area contributed by atoms with Crippen LogP contribution in [-0.2, 0) is 4.79 Å². The minimum Gasteiger partial charge on any atom is -0.482 e. The molecule has 2 aromatic heterocycles. The number of ether oxygens (including phenoxy) is 1. The molecule has 0 spiro atoms. The molecule has 0 radical (unpaired) electrons. The lowest BCUT2D eigenvalue weighted by Gasteiger charge is -2.11. The number of hydrogen-bond acceptors (Lipinski definition) is 4. The molecule has 3 aromatic rings. The minimum atomic E-state index is -0.495. The van der Waals surface area contributed by atoms with Gasteiger partial charge in [-0.05, 0) is 43.7 Å². The molecule has 134 valence electrons. The van der Waals surface area contributed by atoms with Crippen molar-refractivity contribution in [2.75, 3.05) is 11.9 Å². The summed E-state index contributed by atoms with van der Waals surface area (Å²) in [4.78, 5) is 29.2. The van der Waals surface area contributed by atoms with Gasteiger partial charge in [-0.25, -0.2) is 4.98 Å². The van der Waals surface area contributed by atoms with Crippen LogP contribution in [0, 0.1) is 13.8 Å².